The van der Waals surface area contributed by atoms with Crippen LogP contribution in [0.1, 0.15) is 22.7 Å². The first kappa shape index (κ1) is 18.8. The van der Waals surface area contributed by atoms with Gasteiger partial charge in [-0.15, -0.1) is 0 Å². The van der Waals surface area contributed by atoms with Crippen molar-refractivity contribution < 1.29 is 22.6 Å². The number of benzene rings is 2. The Morgan fingerprint density at radius 2 is 1.72 bits per heavy atom. The second kappa shape index (κ2) is 7.12. The predicted octanol–water partition coefficient (Wildman–Crippen LogP) is 3.77. The Bertz CT molecular complexity index is 1060. The van der Waals surface area contributed by atoms with Crippen LogP contribution in [0.2, 0.25) is 0 Å². The topological polar surface area (TPSA) is 74.1 Å². The minimum Gasteiger partial charge on any atom is -0.493 e. The zero-order valence-electron chi connectivity index (χ0n) is 15.4. The molecule has 1 atom stereocenters. The Labute approximate surface area is 163 Å². The third kappa shape index (κ3) is 3.48. The fraction of sp³-hybridized carbons (Fsp3) is 0.211. The van der Waals surface area contributed by atoms with Crippen molar-refractivity contribution in [2.24, 2.45) is 0 Å². The van der Waals surface area contributed by atoms with Gasteiger partial charge in [-0.05, 0) is 52.4 Å². The van der Waals surface area contributed by atoms with E-state index in [0.29, 0.717) is 28.7 Å². The lowest BCUT2D eigenvalue weighted by molar-refractivity contribution is -0.137. The van der Waals surface area contributed by atoms with Crippen LogP contribution in [0.3, 0.4) is 0 Å². The SMILES string of the molecule is COc1ccc(C2=C[C@H](c3ccc(C(F)(F)F)cc3)n3nnnc3N2)cc1OC. The summed E-state index contributed by atoms with van der Waals surface area (Å²) < 4.78 is 50.8. The van der Waals surface area contributed by atoms with Gasteiger partial charge in [-0.3, -0.25) is 0 Å². The van der Waals surface area contributed by atoms with Crippen LogP contribution in [0.15, 0.2) is 48.5 Å². The molecule has 7 nitrogen and oxygen atoms in total. The minimum absolute atomic E-state index is 0.377. The number of allylic oxidation sites excluding steroid dienone is 1. The molecule has 0 fully saturated rings. The largest absolute Gasteiger partial charge is 0.493 e. The van der Waals surface area contributed by atoms with Crippen molar-refractivity contribution in [3.8, 4) is 11.5 Å². The average molecular weight is 403 g/mol. The van der Waals surface area contributed by atoms with E-state index < -0.39 is 17.8 Å². The number of alkyl halides is 3. The van der Waals surface area contributed by atoms with E-state index >= 15 is 0 Å². The number of nitrogens with one attached hydrogen (secondary N) is 1. The summed E-state index contributed by atoms with van der Waals surface area (Å²) in [5, 5.41) is 14.7. The van der Waals surface area contributed by atoms with Gasteiger partial charge in [0.25, 0.3) is 0 Å². The maximum atomic E-state index is 12.9. The lowest BCUT2D eigenvalue weighted by atomic mass is 10.0. The molecule has 0 spiro atoms. The minimum atomic E-state index is -4.40. The molecule has 1 aromatic heterocycles. The molecular weight excluding hydrogens is 387 g/mol. The summed E-state index contributed by atoms with van der Waals surface area (Å²) in [6, 6.07) is 9.86. The molecular formula is C19H16F3N5O2. The van der Waals surface area contributed by atoms with Crippen molar-refractivity contribution in [2.75, 3.05) is 19.5 Å². The molecule has 1 aliphatic rings. The third-order valence-electron chi connectivity index (χ3n) is 4.60. The third-order valence-corrected chi connectivity index (χ3v) is 4.60. The number of halogens is 3. The number of aromatic nitrogens is 4. The Kier molecular flexibility index (Phi) is 4.61. The Balaban J connectivity index is 1.75. The fourth-order valence-corrected chi connectivity index (χ4v) is 3.13. The highest BCUT2D eigenvalue weighted by molar-refractivity contribution is 5.78. The van der Waals surface area contributed by atoms with E-state index in [0.717, 1.165) is 17.7 Å². The molecule has 2 heterocycles. The molecule has 0 saturated heterocycles. The summed E-state index contributed by atoms with van der Waals surface area (Å²) in [6.07, 6.45) is -2.56. The number of rotatable bonds is 4. The normalized spacial score (nSPS) is 15.9. The van der Waals surface area contributed by atoms with Gasteiger partial charge < -0.3 is 14.8 Å². The Hall–Kier alpha value is -3.56. The van der Waals surface area contributed by atoms with E-state index in [9.17, 15) is 13.2 Å². The van der Waals surface area contributed by atoms with Gasteiger partial charge in [0.1, 0.15) is 6.04 Å². The smallest absolute Gasteiger partial charge is 0.416 e. The number of hydrogen-bond donors (Lipinski definition) is 1. The number of anilines is 1. The molecule has 1 N–H and O–H groups in total. The molecule has 0 saturated carbocycles. The van der Waals surface area contributed by atoms with Crippen molar-refractivity contribution in [2.45, 2.75) is 12.2 Å². The highest BCUT2D eigenvalue weighted by Crippen LogP contribution is 2.36. The standard InChI is InChI=1S/C19H16F3N5O2/c1-28-16-8-5-12(9-17(16)29-2)14-10-15(27-18(23-14)24-25-26-27)11-3-6-13(7-4-11)19(20,21)22/h3-10,15H,1-2H3,(H,23,24,26)/t15-/m1/s1. The quantitative estimate of drug-likeness (QED) is 0.715. The molecule has 2 aromatic carbocycles. The molecule has 0 radical (unpaired) electrons. The zero-order chi connectivity index (χ0) is 20.6. The van der Waals surface area contributed by atoms with Gasteiger partial charge in [0, 0.05) is 11.3 Å². The average Bonchev–Trinajstić information content (AvgIpc) is 3.20. The first-order valence-corrected chi connectivity index (χ1v) is 8.57. The summed E-state index contributed by atoms with van der Waals surface area (Å²) in [4.78, 5) is 0. The second-order valence-corrected chi connectivity index (χ2v) is 6.29. The summed E-state index contributed by atoms with van der Waals surface area (Å²) >= 11 is 0. The number of ether oxygens (including phenoxy) is 2. The Morgan fingerprint density at radius 3 is 2.38 bits per heavy atom. The van der Waals surface area contributed by atoms with E-state index in [1.165, 1.54) is 23.9 Å². The number of methoxy groups -OCH3 is 2. The van der Waals surface area contributed by atoms with Crippen molar-refractivity contribution >= 4 is 11.6 Å². The number of hydrogen-bond acceptors (Lipinski definition) is 6. The number of tetrazole rings is 1. The summed E-state index contributed by atoms with van der Waals surface area (Å²) in [6.45, 7) is 0. The molecule has 0 aliphatic carbocycles. The summed E-state index contributed by atoms with van der Waals surface area (Å²) in [7, 11) is 3.08. The molecule has 3 aromatic rings. The first-order valence-electron chi connectivity index (χ1n) is 8.57. The Morgan fingerprint density at radius 1 is 1.00 bits per heavy atom. The van der Waals surface area contributed by atoms with E-state index in [4.69, 9.17) is 9.47 Å². The first-order chi connectivity index (χ1) is 13.9. The lowest BCUT2D eigenvalue weighted by Crippen LogP contribution is -2.20. The van der Waals surface area contributed by atoms with Crippen molar-refractivity contribution in [3.63, 3.8) is 0 Å². The molecule has 4 rings (SSSR count). The van der Waals surface area contributed by atoms with Gasteiger partial charge in [0.05, 0.1) is 19.8 Å². The van der Waals surface area contributed by atoms with Crippen molar-refractivity contribution in [1.29, 1.82) is 0 Å². The van der Waals surface area contributed by atoms with Gasteiger partial charge >= 0.3 is 6.18 Å². The van der Waals surface area contributed by atoms with E-state index in [1.54, 1.807) is 19.2 Å². The second-order valence-electron chi connectivity index (χ2n) is 6.29. The van der Waals surface area contributed by atoms with Crippen LogP contribution in [0.4, 0.5) is 19.1 Å². The van der Waals surface area contributed by atoms with Crippen molar-refractivity contribution in [3.05, 3.63) is 65.2 Å². The zero-order valence-corrected chi connectivity index (χ0v) is 15.4. The number of fused-ring (bicyclic) bond motifs is 1. The van der Waals surface area contributed by atoms with Crippen LogP contribution in [0.5, 0.6) is 11.5 Å². The fourth-order valence-electron chi connectivity index (χ4n) is 3.13. The van der Waals surface area contributed by atoms with Gasteiger partial charge in [0.2, 0.25) is 5.95 Å². The van der Waals surface area contributed by atoms with Crippen LogP contribution in [0, 0.1) is 0 Å². The highest BCUT2D eigenvalue weighted by Gasteiger charge is 2.31. The lowest BCUT2D eigenvalue weighted by Gasteiger charge is -2.24. The molecule has 0 unspecified atom stereocenters. The van der Waals surface area contributed by atoms with E-state index in [2.05, 4.69) is 20.8 Å². The summed E-state index contributed by atoms with van der Waals surface area (Å²) in [5.74, 6) is 1.50. The van der Waals surface area contributed by atoms with E-state index in [-0.39, 0.29) is 0 Å². The van der Waals surface area contributed by atoms with Crippen LogP contribution < -0.4 is 14.8 Å². The van der Waals surface area contributed by atoms with Gasteiger partial charge in [-0.2, -0.15) is 17.9 Å². The monoisotopic (exact) mass is 403 g/mol. The van der Waals surface area contributed by atoms with Gasteiger partial charge in [-0.25, -0.2) is 0 Å². The summed E-state index contributed by atoms with van der Waals surface area (Å²) in [5.41, 5.74) is 1.38. The number of nitrogens with zero attached hydrogens (tertiary/aromatic N) is 4. The van der Waals surface area contributed by atoms with Crippen LogP contribution >= 0.6 is 0 Å². The molecule has 150 valence electrons. The van der Waals surface area contributed by atoms with Crippen LogP contribution in [-0.2, 0) is 6.18 Å². The molecule has 1 aliphatic heterocycles. The maximum absolute atomic E-state index is 12.9. The van der Waals surface area contributed by atoms with Crippen molar-refractivity contribution in [1.82, 2.24) is 20.2 Å². The maximum Gasteiger partial charge on any atom is 0.416 e. The van der Waals surface area contributed by atoms with Gasteiger partial charge in [0.15, 0.2) is 11.5 Å². The molecule has 0 bridgehead atoms. The van der Waals surface area contributed by atoms with E-state index in [1.807, 2.05) is 12.1 Å². The predicted molar refractivity (Wildman–Crippen MR) is 98.5 cm³/mol. The molecule has 0 amide bonds. The van der Waals surface area contributed by atoms with Crippen LogP contribution in [-0.4, -0.2) is 34.4 Å². The molecule has 10 heteroatoms. The van der Waals surface area contributed by atoms with Gasteiger partial charge in [-0.1, -0.05) is 17.2 Å². The highest BCUT2D eigenvalue weighted by atomic mass is 19.4. The molecule has 29 heavy (non-hydrogen) atoms. The van der Waals surface area contributed by atoms with Crippen LogP contribution in [0.25, 0.3) is 5.70 Å².